The quantitative estimate of drug-likeness (QED) is 0.501. The van der Waals surface area contributed by atoms with Gasteiger partial charge in [0.25, 0.3) is 0 Å². The number of nitrogens with zero attached hydrogens (tertiary/aromatic N) is 1. The predicted molar refractivity (Wildman–Crippen MR) is 50.9 cm³/mol. The van der Waals surface area contributed by atoms with Gasteiger partial charge >= 0.3 is 0 Å². The lowest BCUT2D eigenvalue weighted by Crippen LogP contribution is -2.06. The Balaban J connectivity index is 2.13. The fourth-order valence-electron chi connectivity index (χ4n) is 1.62. The minimum atomic E-state index is 0.809. The van der Waals surface area contributed by atoms with Gasteiger partial charge in [-0.15, -0.1) is 0 Å². The van der Waals surface area contributed by atoms with Crippen molar-refractivity contribution in [2.75, 3.05) is 0 Å². The van der Waals surface area contributed by atoms with Crippen LogP contribution in [-0.2, 0) is 17.9 Å². The maximum absolute atomic E-state index is 10.1. The van der Waals surface area contributed by atoms with E-state index in [1.54, 1.807) is 0 Å². The molecule has 0 fully saturated rings. The molecule has 2 rings (SSSR count). The Morgan fingerprint density at radius 1 is 1.15 bits per heavy atom. The molecule has 1 aromatic rings. The number of aldehydes is 1. The van der Waals surface area contributed by atoms with Gasteiger partial charge in [0.2, 0.25) is 0 Å². The topological polar surface area (TPSA) is 20.3 Å². The molecular formula is C11H11NO. The van der Waals surface area contributed by atoms with Crippen molar-refractivity contribution in [3.63, 3.8) is 0 Å². The van der Waals surface area contributed by atoms with Crippen LogP contribution in [0.2, 0.25) is 0 Å². The highest BCUT2D eigenvalue weighted by molar-refractivity contribution is 5.64. The van der Waals surface area contributed by atoms with E-state index in [-0.39, 0.29) is 0 Å². The number of carbonyl (C=O) groups is 1. The molecular weight excluding hydrogens is 162 g/mol. The van der Waals surface area contributed by atoms with E-state index in [1.165, 1.54) is 17.2 Å². The Labute approximate surface area is 77.5 Å². The van der Waals surface area contributed by atoms with Crippen molar-refractivity contribution in [1.29, 1.82) is 0 Å². The predicted octanol–water partition coefficient (Wildman–Crippen LogP) is 1.71. The van der Waals surface area contributed by atoms with Crippen molar-refractivity contribution < 1.29 is 4.79 Å². The van der Waals surface area contributed by atoms with Crippen LogP contribution in [0, 0.1) is 0 Å². The van der Waals surface area contributed by atoms with Gasteiger partial charge in [-0.3, -0.25) is 4.79 Å². The van der Waals surface area contributed by atoms with Gasteiger partial charge < -0.3 is 4.90 Å². The number of allylic oxidation sites excluding steroid dienone is 1. The van der Waals surface area contributed by atoms with Crippen molar-refractivity contribution in [2.45, 2.75) is 13.1 Å². The zero-order valence-electron chi connectivity index (χ0n) is 7.31. The van der Waals surface area contributed by atoms with Gasteiger partial charge in [0.05, 0.1) is 0 Å². The first kappa shape index (κ1) is 8.05. The van der Waals surface area contributed by atoms with Crippen molar-refractivity contribution in [3.05, 3.63) is 47.7 Å². The van der Waals surface area contributed by atoms with E-state index >= 15 is 0 Å². The molecule has 0 radical (unpaired) electrons. The van der Waals surface area contributed by atoms with E-state index in [1.807, 2.05) is 18.3 Å². The summed E-state index contributed by atoms with van der Waals surface area (Å²) in [5, 5.41) is 0. The zero-order chi connectivity index (χ0) is 9.10. The summed E-state index contributed by atoms with van der Waals surface area (Å²) in [6.45, 7) is 1.83. The van der Waals surface area contributed by atoms with Crippen LogP contribution in [-0.4, -0.2) is 11.2 Å². The van der Waals surface area contributed by atoms with Crippen LogP contribution < -0.4 is 0 Å². The third kappa shape index (κ3) is 1.61. The Hall–Kier alpha value is -1.57. The van der Waals surface area contributed by atoms with Crippen LogP contribution in [0.5, 0.6) is 0 Å². The molecule has 0 aromatic heterocycles. The molecule has 1 aromatic carbocycles. The molecule has 0 spiro atoms. The molecule has 0 amide bonds. The van der Waals surface area contributed by atoms with Crippen molar-refractivity contribution in [2.24, 2.45) is 0 Å². The van der Waals surface area contributed by atoms with Gasteiger partial charge in [0, 0.05) is 19.3 Å². The Morgan fingerprint density at radius 2 is 1.77 bits per heavy atom. The Morgan fingerprint density at radius 3 is 2.31 bits per heavy atom. The van der Waals surface area contributed by atoms with E-state index in [9.17, 15) is 4.79 Å². The highest BCUT2D eigenvalue weighted by Crippen LogP contribution is 2.21. The van der Waals surface area contributed by atoms with Crippen molar-refractivity contribution >= 4 is 6.29 Å². The average Bonchev–Trinajstić information content (AvgIpc) is 2.57. The average molecular weight is 173 g/mol. The van der Waals surface area contributed by atoms with Crippen molar-refractivity contribution in [3.8, 4) is 0 Å². The summed E-state index contributed by atoms with van der Waals surface area (Å²) in [7, 11) is 0. The molecule has 0 saturated heterocycles. The summed E-state index contributed by atoms with van der Waals surface area (Å²) < 4.78 is 0. The molecule has 0 saturated carbocycles. The highest BCUT2D eigenvalue weighted by Gasteiger charge is 2.14. The highest BCUT2D eigenvalue weighted by atomic mass is 16.1. The van der Waals surface area contributed by atoms with Gasteiger partial charge in [0.1, 0.15) is 6.29 Å². The number of hydrogen-bond acceptors (Lipinski definition) is 2. The second-order valence-corrected chi connectivity index (χ2v) is 3.15. The number of benzene rings is 1. The van der Waals surface area contributed by atoms with Gasteiger partial charge in [-0.2, -0.15) is 0 Å². The number of hydrogen-bond donors (Lipinski definition) is 0. The van der Waals surface area contributed by atoms with Crippen LogP contribution in [0.3, 0.4) is 0 Å². The minimum absolute atomic E-state index is 0.809. The molecule has 0 aliphatic carbocycles. The number of fused-ring (bicyclic) bond motifs is 1. The van der Waals surface area contributed by atoms with Crippen LogP contribution in [0.4, 0.5) is 0 Å². The third-order valence-corrected chi connectivity index (χ3v) is 2.24. The molecule has 0 unspecified atom stereocenters. The van der Waals surface area contributed by atoms with Gasteiger partial charge in [-0.05, 0) is 17.2 Å². The first-order valence-corrected chi connectivity index (χ1v) is 4.33. The summed E-state index contributed by atoms with van der Waals surface area (Å²) in [5.41, 5.74) is 2.72. The van der Waals surface area contributed by atoms with E-state index < -0.39 is 0 Å². The van der Waals surface area contributed by atoms with E-state index in [4.69, 9.17) is 0 Å². The van der Waals surface area contributed by atoms with Gasteiger partial charge in [-0.1, -0.05) is 24.3 Å². The Bertz CT molecular complexity index is 319. The van der Waals surface area contributed by atoms with Gasteiger partial charge in [0.15, 0.2) is 0 Å². The first-order valence-electron chi connectivity index (χ1n) is 4.33. The summed E-state index contributed by atoms with van der Waals surface area (Å²) in [6, 6.07) is 8.35. The fourth-order valence-corrected chi connectivity index (χ4v) is 1.62. The number of rotatable bonds is 2. The molecule has 0 N–H and O–H groups in total. The summed E-state index contributed by atoms with van der Waals surface area (Å²) in [6.07, 6.45) is 4.18. The molecule has 0 atom stereocenters. The molecule has 13 heavy (non-hydrogen) atoms. The normalized spacial score (nSPS) is 14.9. The molecule has 1 heterocycles. The lowest BCUT2D eigenvalue weighted by atomic mass is 10.1. The maximum Gasteiger partial charge on any atom is 0.144 e. The van der Waals surface area contributed by atoms with Gasteiger partial charge in [-0.25, -0.2) is 0 Å². The fraction of sp³-hybridized carbons (Fsp3) is 0.182. The maximum atomic E-state index is 10.1. The van der Waals surface area contributed by atoms with E-state index in [0.29, 0.717) is 0 Å². The first-order chi connectivity index (χ1) is 6.40. The lowest BCUT2D eigenvalue weighted by Gasteiger charge is -2.09. The molecule has 0 bridgehead atoms. The SMILES string of the molecule is O=CC=CN1Cc2ccccc2C1. The Kier molecular flexibility index (Phi) is 2.13. The van der Waals surface area contributed by atoms with Crippen LogP contribution in [0.1, 0.15) is 11.1 Å². The molecule has 66 valence electrons. The molecule has 2 heteroatoms. The monoisotopic (exact) mass is 173 g/mol. The zero-order valence-corrected chi connectivity index (χ0v) is 7.31. The van der Waals surface area contributed by atoms with Crippen LogP contribution >= 0.6 is 0 Å². The molecule has 2 nitrogen and oxygen atoms in total. The number of carbonyl (C=O) groups excluding carboxylic acids is 1. The largest absolute Gasteiger partial charge is 0.369 e. The van der Waals surface area contributed by atoms with E-state index in [0.717, 1.165) is 19.4 Å². The van der Waals surface area contributed by atoms with Crippen LogP contribution in [0.25, 0.3) is 0 Å². The molecule has 1 aliphatic rings. The summed E-state index contributed by atoms with van der Waals surface area (Å²) in [5.74, 6) is 0. The van der Waals surface area contributed by atoms with Crippen molar-refractivity contribution in [1.82, 2.24) is 4.90 Å². The minimum Gasteiger partial charge on any atom is -0.369 e. The smallest absolute Gasteiger partial charge is 0.144 e. The third-order valence-electron chi connectivity index (χ3n) is 2.24. The summed E-state index contributed by atoms with van der Waals surface area (Å²) >= 11 is 0. The molecule has 1 aliphatic heterocycles. The second-order valence-electron chi connectivity index (χ2n) is 3.15. The van der Waals surface area contributed by atoms with E-state index in [2.05, 4.69) is 17.0 Å². The lowest BCUT2D eigenvalue weighted by molar-refractivity contribution is -0.104. The second kappa shape index (κ2) is 3.44. The summed E-state index contributed by atoms with van der Waals surface area (Å²) in [4.78, 5) is 12.2. The standard InChI is InChI=1S/C11H11NO/c13-7-3-6-12-8-10-4-1-2-5-11(10)9-12/h1-7H,8-9H2. The van der Waals surface area contributed by atoms with Crippen LogP contribution in [0.15, 0.2) is 36.5 Å².